The Balaban J connectivity index is 2.85. The molecule has 0 aliphatic carbocycles. The molecule has 0 aliphatic heterocycles. The zero-order valence-electron chi connectivity index (χ0n) is 7.64. The molecule has 0 bridgehead atoms. The second-order valence-electron chi connectivity index (χ2n) is 2.96. The molecule has 0 fully saturated rings. The van der Waals surface area contributed by atoms with Crippen LogP contribution in [0.3, 0.4) is 0 Å². The maximum absolute atomic E-state index is 10.8. The zero-order valence-corrected chi connectivity index (χ0v) is 8.40. The third kappa shape index (κ3) is 3.09. The monoisotopic (exact) mass is 231 g/mol. The lowest BCUT2D eigenvalue weighted by Crippen LogP contribution is -2.21. The average Bonchev–Trinajstić information content (AvgIpc) is 2.21. The third-order valence-corrected chi connectivity index (χ3v) is 2.09. The van der Waals surface area contributed by atoms with Crippen LogP contribution in [0, 0.1) is 0 Å². The van der Waals surface area contributed by atoms with Crippen molar-refractivity contribution in [3.05, 3.63) is 28.8 Å². The highest BCUT2D eigenvalue weighted by Crippen LogP contribution is 2.28. The van der Waals surface area contributed by atoms with Crippen LogP contribution in [0.1, 0.15) is 18.1 Å². The fourth-order valence-electron chi connectivity index (χ4n) is 1.12. The summed E-state index contributed by atoms with van der Waals surface area (Å²) in [5.74, 6) is -0.903. The quantitative estimate of drug-likeness (QED) is 0.461. The molecule has 82 valence electrons. The fourth-order valence-corrected chi connectivity index (χ4v) is 1.30. The molecule has 1 aromatic carbocycles. The number of nitrogens with one attached hydrogen (secondary N) is 1. The lowest BCUT2D eigenvalue weighted by atomic mass is 10.1. The molecular weight excluding hydrogens is 222 g/mol. The number of aromatic hydroxyl groups is 1. The smallest absolute Gasteiger partial charge is 0.246 e. The van der Waals surface area contributed by atoms with E-state index in [0.29, 0.717) is 5.02 Å². The first-order valence-electron chi connectivity index (χ1n) is 4.14. The first kappa shape index (κ1) is 11.8. The van der Waals surface area contributed by atoms with Crippen LogP contribution in [0.25, 0.3) is 0 Å². The number of rotatable bonds is 3. The summed E-state index contributed by atoms with van der Waals surface area (Å²) in [6.45, 7) is 0. The summed E-state index contributed by atoms with van der Waals surface area (Å²) in [6, 6.07) is 4.13. The van der Waals surface area contributed by atoms with Crippen LogP contribution in [-0.2, 0) is 4.79 Å². The minimum atomic E-state index is -1.21. The first-order chi connectivity index (χ1) is 7.04. The molecule has 0 heterocycles. The van der Waals surface area contributed by atoms with E-state index >= 15 is 0 Å². The Labute approximate surface area is 90.9 Å². The van der Waals surface area contributed by atoms with Gasteiger partial charge in [0.05, 0.1) is 12.5 Å². The van der Waals surface area contributed by atoms with Crippen molar-refractivity contribution in [2.45, 2.75) is 12.5 Å². The van der Waals surface area contributed by atoms with E-state index in [-0.39, 0.29) is 17.7 Å². The summed E-state index contributed by atoms with van der Waals surface area (Å²) in [5.41, 5.74) is 1.53. The second kappa shape index (κ2) is 4.97. The van der Waals surface area contributed by atoms with Crippen LogP contribution in [0.4, 0.5) is 0 Å². The maximum atomic E-state index is 10.8. The van der Waals surface area contributed by atoms with Crippen LogP contribution in [-0.4, -0.2) is 21.3 Å². The normalized spacial score (nSPS) is 12.2. The largest absolute Gasteiger partial charge is 0.508 e. The number of aliphatic hydroxyl groups is 1. The summed E-state index contributed by atoms with van der Waals surface area (Å²) in [4.78, 5) is 10.8. The number of carbonyl (C=O) groups excluding carboxylic acids is 1. The molecule has 1 atom stereocenters. The van der Waals surface area contributed by atoms with Gasteiger partial charge in [-0.2, -0.15) is 0 Å². The van der Waals surface area contributed by atoms with Crippen LogP contribution in [0.2, 0.25) is 5.02 Å². The third-order valence-electron chi connectivity index (χ3n) is 1.85. The highest BCUT2D eigenvalue weighted by molar-refractivity contribution is 6.30. The standard InChI is InChI=1S/C9H10ClNO4/c10-5-1-2-7(12)6(3-5)8(13)4-9(14)11-15/h1-3,8,12-13,15H,4H2,(H,11,14). The van der Waals surface area contributed by atoms with E-state index in [1.165, 1.54) is 23.7 Å². The van der Waals surface area contributed by atoms with E-state index in [1.807, 2.05) is 0 Å². The number of phenolic OH excluding ortho intramolecular Hbond substituents is 1. The SMILES string of the molecule is O=C(CC(O)c1cc(Cl)ccc1O)NO. The number of phenols is 1. The van der Waals surface area contributed by atoms with Gasteiger partial charge in [0, 0.05) is 10.6 Å². The van der Waals surface area contributed by atoms with Gasteiger partial charge in [0.25, 0.3) is 0 Å². The van der Waals surface area contributed by atoms with Gasteiger partial charge in [0.15, 0.2) is 0 Å². The van der Waals surface area contributed by atoms with Crippen LogP contribution in [0.5, 0.6) is 5.75 Å². The molecule has 4 N–H and O–H groups in total. The summed E-state index contributed by atoms with van der Waals surface area (Å²) in [7, 11) is 0. The van der Waals surface area contributed by atoms with Gasteiger partial charge in [0.2, 0.25) is 5.91 Å². The molecule has 1 aromatic rings. The molecule has 0 aliphatic rings. The van der Waals surface area contributed by atoms with Crippen LogP contribution >= 0.6 is 11.6 Å². The average molecular weight is 232 g/mol. The van der Waals surface area contributed by atoms with Crippen molar-refractivity contribution in [1.29, 1.82) is 0 Å². The van der Waals surface area contributed by atoms with E-state index in [2.05, 4.69) is 0 Å². The zero-order chi connectivity index (χ0) is 11.4. The number of amides is 1. The van der Waals surface area contributed by atoms with Crippen LogP contribution in [0.15, 0.2) is 18.2 Å². The Morgan fingerprint density at radius 1 is 1.53 bits per heavy atom. The Bertz CT molecular complexity index is 369. The molecule has 0 aromatic heterocycles. The van der Waals surface area contributed by atoms with Crippen LogP contribution < -0.4 is 5.48 Å². The number of hydrogen-bond donors (Lipinski definition) is 4. The van der Waals surface area contributed by atoms with Gasteiger partial charge in [-0.3, -0.25) is 10.0 Å². The number of aliphatic hydroxyl groups excluding tert-OH is 1. The molecule has 1 unspecified atom stereocenters. The van der Waals surface area contributed by atoms with Crippen molar-refractivity contribution in [3.8, 4) is 5.75 Å². The lowest BCUT2D eigenvalue weighted by molar-refractivity contribution is -0.131. The van der Waals surface area contributed by atoms with E-state index in [4.69, 9.17) is 16.8 Å². The number of hydroxylamine groups is 1. The summed E-state index contributed by atoms with van der Waals surface area (Å²) in [6.07, 6.45) is -1.57. The summed E-state index contributed by atoms with van der Waals surface area (Å²) in [5, 5.41) is 27.5. The van der Waals surface area contributed by atoms with Crippen molar-refractivity contribution >= 4 is 17.5 Å². The summed E-state index contributed by atoms with van der Waals surface area (Å²) < 4.78 is 0. The predicted octanol–water partition coefficient (Wildman–Crippen LogP) is 0.974. The minimum Gasteiger partial charge on any atom is -0.508 e. The highest BCUT2D eigenvalue weighted by Gasteiger charge is 2.16. The molecule has 0 radical (unpaired) electrons. The Hall–Kier alpha value is -1.30. The Morgan fingerprint density at radius 2 is 2.20 bits per heavy atom. The Kier molecular flexibility index (Phi) is 3.90. The molecule has 5 nitrogen and oxygen atoms in total. The molecule has 0 saturated carbocycles. The number of benzene rings is 1. The molecule has 0 spiro atoms. The van der Waals surface area contributed by atoms with E-state index in [1.54, 1.807) is 0 Å². The van der Waals surface area contributed by atoms with Crippen molar-refractivity contribution in [3.63, 3.8) is 0 Å². The summed E-state index contributed by atoms with van der Waals surface area (Å²) >= 11 is 5.66. The van der Waals surface area contributed by atoms with E-state index in [0.717, 1.165) is 0 Å². The van der Waals surface area contributed by atoms with Gasteiger partial charge >= 0.3 is 0 Å². The molecular formula is C9H10ClNO4. The molecule has 15 heavy (non-hydrogen) atoms. The number of halogens is 1. The highest BCUT2D eigenvalue weighted by atomic mass is 35.5. The number of hydrogen-bond acceptors (Lipinski definition) is 4. The van der Waals surface area contributed by atoms with Crippen molar-refractivity contribution in [1.82, 2.24) is 5.48 Å². The molecule has 0 saturated heterocycles. The van der Waals surface area contributed by atoms with Crippen molar-refractivity contribution < 1.29 is 20.2 Å². The minimum absolute atomic E-state index is 0.145. The van der Waals surface area contributed by atoms with E-state index in [9.17, 15) is 15.0 Å². The molecule has 6 heteroatoms. The van der Waals surface area contributed by atoms with Gasteiger partial charge in [-0.15, -0.1) is 0 Å². The van der Waals surface area contributed by atoms with Gasteiger partial charge < -0.3 is 10.2 Å². The topological polar surface area (TPSA) is 89.8 Å². The Morgan fingerprint density at radius 3 is 2.80 bits per heavy atom. The number of carbonyl (C=O) groups is 1. The molecule has 1 amide bonds. The lowest BCUT2D eigenvalue weighted by Gasteiger charge is -2.11. The second-order valence-corrected chi connectivity index (χ2v) is 3.39. The fraction of sp³-hybridized carbons (Fsp3) is 0.222. The van der Waals surface area contributed by atoms with Crippen molar-refractivity contribution in [2.75, 3.05) is 0 Å². The molecule has 1 rings (SSSR count). The van der Waals surface area contributed by atoms with Gasteiger partial charge in [-0.1, -0.05) is 11.6 Å². The maximum Gasteiger partial charge on any atom is 0.246 e. The van der Waals surface area contributed by atoms with E-state index < -0.39 is 12.0 Å². The first-order valence-corrected chi connectivity index (χ1v) is 4.51. The van der Waals surface area contributed by atoms with Crippen molar-refractivity contribution in [2.24, 2.45) is 0 Å². The van der Waals surface area contributed by atoms with Gasteiger partial charge in [-0.25, -0.2) is 5.48 Å². The van der Waals surface area contributed by atoms with Gasteiger partial charge in [0.1, 0.15) is 5.75 Å². The predicted molar refractivity (Wildman–Crippen MR) is 52.6 cm³/mol. The van der Waals surface area contributed by atoms with Gasteiger partial charge in [-0.05, 0) is 18.2 Å².